The molecule has 2 aromatic heterocycles. The predicted octanol–water partition coefficient (Wildman–Crippen LogP) is 4.05. The Morgan fingerprint density at radius 3 is 2.61 bits per heavy atom. The molecule has 2 heterocycles. The van der Waals surface area contributed by atoms with Crippen LogP contribution < -0.4 is 10.6 Å². The zero-order valence-corrected chi connectivity index (χ0v) is 15.8. The van der Waals surface area contributed by atoms with E-state index in [9.17, 15) is 9.59 Å². The van der Waals surface area contributed by atoms with Crippen LogP contribution in [0.2, 0.25) is 0 Å². The van der Waals surface area contributed by atoms with E-state index in [1.54, 1.807) is 11.4 Å². The van der Waals surface area contributed by atoms with Crippen molar-refractivity contribution in [1.29, 1.82) is 0 Å². The number of nitrogens with one attached hydrogen (secondary N) is 3. The van der Waals surface area contributed by atoms with Crippen LogP contribution >= 0.6 is 11.3 Å². The maximum atomic E-state index is 12.1. The fourth-order valence-corrected chi connectivity index (χ4v) is 3.45. The van der Waals surface area contributed by atoms with E-state index in [2.05, 4.69) is 20.6 Å². The minimum Gasteiger partial charge on any atom is -0.351 e. The van der Waals surface area contributed by atoms with Crippen molar-refractivity contribution in [3.63, 3.8) is 0 Å². The molecule has 0 aliphatic carbocycles. The number of benzene rings is 2. The van der Waals surface area contributed by atoms with Gasteiger partial charge in [0.05, 0.1) is 11.0 Å². The van der Waals surface area contributed by atoms with Crippen molar-refractivity contribution in [3.8, 4) is 11.4 Å². The summed E-state index contributed by atoms with van der Waals surface area (Å²) < 4.78 is 0. The van der Waals surface area contributed by atoms with Gasteiger partial charge in [-0.25, -0.2) is 4.98 Å². The molecule has 0 bridgehead atoms. The quantitative estimate of drug-likeness (QED) is 0.464. The standard InChI is InChI=1S/C21H18N4O2S/c26-19(9-11-22-21(27)15-10-12-28-13-15)23-16-7-5-14(6-8-16)20-24-17-3-1-2-4-18(17)25-20/h1-8,10,12-13H,9,11H2,(H,22,27)(H,23,26)(H,24,25). The van der Waals surface area contributed by atoms with E-state index >= 15 is 0 Å². The Morgan fingerprint density at radius 2 is 1.86 bits per heavy atom. The van der Waals surface area contributed by atoms with E-state index in [0.717, 1.165) is 22.4 Å². The van der Waals surface area contributed by atoms with Crippen LogP contribution in [0.3, 0.4) is 0 Å². The average Bonchev–Trinajstić information content (AvgIpc) is 3.38. The number of nitrogens with zero attached hydrogens (tertiary/aromatic N) is 1. The highest BCUT2D eigenvalue weighted by Gasteiger charge is 2.08. The molecule has 4 aromatic rings. The van der Waals surface area contributed by atoms with Gasteiger partial charge >= 0.3 is 0 Å². The molecule has 0 saturated carbocycles. The zero-order chi connectivity index (χ0) is 19.3. The van der Waals surface area contributed by atoms with E-state index in [1.807, 2.05) is 53.9 Å². The second-order valence-electron chi connectivity index (χ2n) is 6.25. The Kier molecular flexibility index (Phi) is 5.16. The molecule has 0 unspecified atom stereocenters. The Balaban J connectivity index is 1.31. The van der Waals surface area contributed by atoms with E-state index in [4.69, 9.17) is 0 Å². The van der Waals surface area contributed by atoms with Gasteiger partial charge in [-0.1, -0.05) is 12.1 Å². The minimum absolute atomic E-state index is 0.151. The van der Waals surface area contributed by atoms with E-state index in [-0.39, 0.29) is 24.8 Å². The number of para-hydroxylation sites is 2. The molecule has 3 N–H and O–H groups in total. The summed E-state index contributed by atoms with van der Waals surface area (Å²) in [6.45, 7) is 0.289. The Morgan fingerprint density at radius 1 is 1.04 bits per heavy atom. The number of aromatic amines is 1. The lowest BCUT2D eigenvalue weighted by Crippen LogP contribution is -2.27. The number of H-pyrrole nitrogens is 1. The van der Waals surface area contributed by atoms with Gasteiger partial charge in [0.25, 0.3) is 5.91 Å². The van der Waals surface area contributed by atoms with Crippen molar-refractivity contribution >= 4 is 39.9 Å². The van der Waals surface area contributed by atoms with Gasteiger partial charge < -0.3 is 15.6 Å². The summed E-state index contributed by atoms with van der Waals surface area (Å²) in [6.07, 6.45) is 0.210. The van der Waals surface area contributed by atoms with Crippen LogP contribution in [0, 0.1) is 0 Å². The fourth-order valence-electron chi connectivity index (χ4n) is 2.81. The molecule has 0 saturated heterocycles. The van der Waals surface area contributed by atoms with Crippen molar-refractivity contribution in [2.24, 2.45) is 0 Å². The topological polar surface area (TPSA) is 86.9 Å². The first-order chi connectivity index (χ1) is 13.7. The van der Waals surface area contributed by atoms with Gasteiger partial charge in [0.15, 0.2) is 0 Å². The molecule has 0 atom stereocenters. The monoisotopic (exact) mass is 390 g/mol. The molecule has 0 spiro atoms. The van der Waals surface area contributed by atoms with E-state index in [0.29, 0.717) is 11.3 Å². The van der Waals surface area contributed by atoms with Crippen molar-refractivity contribution in [3.05, 3.63) is 70.9 Å². The number of hydrogen-bond donors (Lipinski definition) is 3. The zero-order valence-electron chi connectivity index (χ0n) is 14.9. The molecule has 140 valence electrons. The van der Waals surface area contributed by atoms with E-state index in [1.165, 1.54) is 11.3 Å². The summed E-state index contributed by atoms with van der Waals surface area (Å²) in [5, 5.41) is 9.20. The summed E-state index contributed by atoms with van der Waals surface area (Å²) in [7, 11) is 0. The van der Waals surface area contributed by atoms with Crippen LogP contribution in [0.25, 0.3) is 22.4 Å². The van der Waals surface area contributed by atoms with Crippen molar-refractivity contribution in [2.75, 3.05) is 11.9 Å². The first-order valence-electron chi connectivity index (χ1n) is 8.84. The molecule has 0 aliphatic heterocycles. The molecule has 7 heteroatoms. The molecule has 28 heavy (non-hydrogen) atoms. The number of hydrogen-bond acceptors (Lipinski definition) is 4. The number of fused-ring (bicyclic) bond motifs is 1. The lowest BCUT2D eigenvalue weighted by molar-refractivity contribution is -0.116. The number of thiophene rings is 1. The second kappa shape index (κ2) is 8.06. The second-order valence-corrected chi connectivity index (χ2v) is 7.03. The predicted molar refractivity (Wildman–Crippen MR) is 111 cm³/mol. The third-order valence-corrected chi connectivity index (χ3v) is 4.94. The van der Waals surface area contributed by atoms with Gasteiger partial charge in [-0.15, -0.1) is 0 Å². The van der Waals surface area contributed by atoms with Crippen LogP contribution in [-0.2, 0) is 4.79 Å². The van der Waals surface area contributed by atoms with Gasteiger partial charge in [-0.2, -0.15) is 11.3 Å². The Labute approximate surface area is 165 Å². The largest absolute Gasteiger partial charge is 0.351 e. The number of aromatic nitrogens is 2. The van der Waals surface area contributed by atoms with E-state index < -0.39 is 0 Å². The number of amides is 2. The van der Waals surface area contributed by atoms with Gasteiger partial charge in [0.2, 0.25) is 5.91 Å². The Bertz CT molecular complexity index is 1070. The Hall–Kier alpha value is -3.45. The van der Waals surface area contributed by atoms with Crippen molar-refractivity contribution < 1.29 is 9.59 Å². The molecule has 0 aliphatic rings. The smallest absolute Gasteiger partial charge is 0.252 e. The third-order valence-electron chi connectivity index (χ3n) is 4.25. The van der Waals surface area contributed by atoms with Crippen molar-refractivity contribution in [1.82, 2.24) is 15.3 Å². The number of anilines is 1. The number of imidazole rings is 1. The van der Waals surface area contributed by atoms with Crippen molar-refractivity contribution in [2.45, 2.75) is 6.42 Å². The SMILES string of the molecule is O=C(CCNC(=O)c1ccsc1)Nc1ccc(-c2nc3ccccc3[nH]2)cc1. The summed E-state index contributed by atoms with van der Waals surface area (Å²) in [5.74, 6) is 0.474. The summed E-state index contributed by atoms with van der Waals surface area (Å²) in [4.78, 5) is 31.8. The molecular weight excluding hydrogens is 372 g/mol. The van der Waals surface area contributed by atoms with Crippen LogP contribution in [0.4, 0.5) is 5.69 Å². The lowest BCUT2D eigenvalue weighted by atomic mass is 10.2. The first kappa shape index (κ1) is 17.9. The molecule has 4 rings (SSSR count). The highest BCUT2D eigenvalue weighted by Crippen LogP contribution is 2.22. The minimum atomic E-state index is -0.163. The van der Waals surface area contributed by atoms with Crippen LogP contribution in [0.5, 0.6) is 0 Å². The maximum Gasteiger partial charge on any atom is 0.252 e. The summed E-state index contributed by atoms with van der Waals surface area (Å²) in [6, 6.07) is 17.1. The fraction of sp³-hybridized carbons (Fsp3) is 0.0952. The highest BCUT2D eigenvalue weighted by atomic mass is 32.1. The number of carbonyl (C=O) groups is 2. The highest BCUT2D eigenvalue weighted by molar-refractivity contribution is 7.08. The number of carbonyl (C=O) groups excluding carboxylic acids is 2. The third kappa shape index (κ3) is 4.10. The van der Waals surface area contributed by atoms with Gasteiger partial charge in [-0.3, -0.25) is 9.59 Å². The first-order valence-corrected chi connectivity index (χ1v) is 9.79. The van der Waals surface area contributed by atoms with Gasteiger partial charge in [0, 0.05) is 35.2 Å². The lowest BCUT2D eigenvalue weighted by Gasteiger charge is -2.07. The van der Waals surface area contributed by atoms with Crippen LogP contribution in [0.1, 0.15) is 16.8 Å². The normalized spacial score (nSPS) is 10.7. The molecular formula is C21H18N4O2S. The molecule has 2 amide bonds. The molecule has 6 nitrogen and oxygen atoms in total. The molecule has 0 fully saturated rings. The van der Waals surface area contributed by atoms with Gasteiger partial charge in [0.1, 0.15) is 5.82 Å². The van der Waals surface area contributed by atoms with Gasteiger partial charge in [-0.05, 0) is 47.8 Å². The number of rotatable bonds is 6. The summed E-state index contributed by atoms with van der Waals surface area (Å²) >= 11 is 1.46. The summed E-state index contributed by atoms with van der Waals surface area (Å²) in [5.41, 5.74) is 4.16. The molecule has 0 radical (unpaired) electrons. The molecule has 2 aromatic carbocycles. The average molecular weight is 390 g/mol. The van der Waals surface area contributed by atoms with Crippen LogP contribution in [-0.4, -0.2) is 28.3 Å². The maximum absolute atomic E-state index is 12.1. The van der Waals surface area contributed by atoms with Crippen LogP contribution in [0.15, 0.2) is 65.4 Å².